The molecule has 1 heterocycles. The van der Waals surface area contributed by atoms with Crippen molar-refractivity contribution in [2.75, 3.05) is 7.11 Å². The second kappa shape index (κ2) is 10.5. The van der Waals surface area contributed by atoms with Crippen molar-refractivity contribution in [3.63, 3.8) is 0 Å². The fraction of sp³-hybridized carbons (Fsp3) is 0.150. The Morgan fingerprint density at radius 2 is 1.93 bits per heavy atom. The van der Waals surface area contributed by atoms with Crippen LogP contribution in [0.3, 0.4) is 0 Å². The highest BCUT2D eigenvalue weighted by molar-refractivity contribution is 8.26. The van der Waals surface area contributed by atoms with E-state index in [-0.39, 0.29) is 23.9 Å². The molecule has 2 aromatic carbocycles. The molecular formula is C20H18ClFN2O4S2. The molecule has 1 atom stereocenters. The van der Waals surface area contributed by atoms with Crippen molar-refractivity contribution < 1.29 is 23.5 Å². The fourth-order valence-corrected chi connectivity index (χ4v) is 3.60. The van der Waals surface area contributed by atoms with Crippen molar-refractivity contribution >= 4 is 58.7 Å². The van der Waals surface area contributed by atoms with Crippen LogP contribution in [0.4, 0.5) is 4.39 Å². The average Bonchev–Trinajstić information content (AvgIpc) is 3.01. The Morgan fingerprint density at radius 3 is 2.50 bits per heavy atom. The summed E-state index contributed by atoms with van der Waals surface area (Å²) in [6.45, 7) is 0. The van der Waals surface area contributed by atoms with E-state index in [0.29, 0.717) is 27.1 Å². The summed E-state index contributed by atoms with van der Waals surface area (Å²) in [5, 5.41) is 2.48. The largest absolute Gasteiger partial charge is 0.468 e. The summed E-state index contributed by atoms with van der Waals surface area (Å²) in [5.74, 6) is -0.538. The Labute approximate surface area is 188 Å². The molecule has 1 aliphatic rings. The molecule has 0 aliphatic carbocycles. The Hall–Kier alpha value is -2.46. The average molecular weight is 469 g/mol. The van der Waals surface area contributed by atoms with Gasteiger partial charge in [-0.3, -0.25) is 9.59 Å². The first-order valence-corrected chi connectivity index (χ1v) is 9.73. The molecule has 1 saturated heterocycles. The Kier molecular flexibility index (Phi) is 8.36. The monoisotopic (exact) mass is 468 g/mol. The van der Waals surface area contributed by atoms with Crippen LogP contribution in [0.5, 0.6) is 11.5 Å². The molecule has 1 fully saturated rings. The number of amides is 1. The molecule has 0 spiro atoms. The van der Waals surface area contributed by atoms with Crippen LogP contribution < -0.4 is 15.8 Å². The minimum atomic E-state index is -0.739. The van der Waals surface area contributed by atoms with Gasteiger partial charge in [0, 0.05) is 11.6 Å². The molecule has 3 rings (SSSR count). The van der Waals surface area contributed by atoms with E-state index in [4.69, 9.17) is 22.7 Å². The van der Waals surface area contributed by atoms with E-state index in [0.717, 1.165) is 17.3 Å². The lowest BCUT2D eigenvalue weighted by Gasteiger charge is -2.10. The summed E-state index contributed by atoms with van der Waals surface area (Å²) >= 11 is 6.00. The van der Waals surface area contributed by atoms with E-state index in [1.807, 2.05) is 0 Å². The van der Waals surface area contributed by atoms with Crippen molar-refractivity contribution in [2.24, 2.45) is 5.73 Å². The normalized spacial score (nSPS) is 15.4. The van der Waals surface area contributed by atoms with Crippen molar-refractivity contribution in [1.82, 2.24) is 5.32 Å². The number of thioether (sulfide) groups is 1. The number of carbonyl (C=O) groups excluding carboxylic acids is 2. The fourth-order valence-electron chi connectivity index (χ4n) is 2.57. The van der Waals surface area contributed by atoms with E-state index in [2.05, 4.69) is 10.1 Å². The van der Waals surface area contributed by atoms with E-state index in [1.54, 1.807) is 30.3 Å². The second-order valence-electron chi connectivity index (χ2n) is 6.12. The summed E-state index contributed by atoms with van der Waals surface area (Å²) < 4.78 is 25.0. The predicted octanol–water partition coefficient (Wildman–Crippen LogP) is 3.57. The van der Waals surface area contributed by atoms with Gasteiger partial charge in [0.05, 0.1) is 12.0 Å². The van der Waals surface area contributed by atoms with E-state index >= 15 is 0 Å². The zero-order chi connectivity index (χ0) is 21.0. The maximum Gasteiger partial charge on any atom is 0.322 e. The maximum absolute atomic E-state index is 14.4. The van der Waals surface area contributed by atoms with Crippen LogP contribution in [0, 0.1) is 5.82 Å². The van der Waals surface area contributed by atoms with Gasteiger partial charge >= 0.3 is 5.97 Å². The lowest BCUT2D eigenvalue weighted by Crippen LogP contribution is -2.33. The Bertz CT molecular complexity index is 999. The van der Waals surface area contributed by atoms with Gasteiger partial charge in [0.1, 0.15) is 27.7 Å². The third-order valence-electron chi connectivity index (χ3n) is 4.02. The predicted molar refractivity (Wildman–Crippen MR) is 120 cm³/mol. The zero-order valence-corrected chi connectivity index (χ0v) is 18.2. The number of nitrogens with one attached hydrogen (secondary N) is 1. The van der Waals surface area contributed by atoms with Gasteiger partial charge in [-0.25, -0.2) is 4.39 Å². The number of esters is 1. The number of carbonyl (C=O) groups is 2. The molecule has 10 heteroatoms. The molecule has 158 valence electrons. The molecule has 1 aliphatic heterocycles. The lowest BCUT2D eigenvalue weighted by atomic mass is 10.1. The molecule has 0 aromatic heterocycles. The Balaban J connectivity index is 0.00000320. The summed E-state index contributed by atoms with van der Waals surface area (Å²) in [6.07, 6.45) is 1.78. The van der Waals surface area contributed by atoms with Crippen LogP contribution >= 0.6 is 36.4 Å². The number of hydrogen-bond donors (Lipinski definition) is 2. The quantitative estimate of drug-likeness (QED) is 0.380. The zero-order valence-electron chi connectivity index (χ0n) is 15.7. The molecule has 1 amide bonds. The van der Waals surface area contributed by atoms with E-state index < -0.39 is 17.8 Å². The van der Waals surface area contributed by atoms with Crippen molar-refractivity contribution in [3.05, 3.63) is 64.3 Å². The van der Waals surface area contributed by atoms with Gasteiger partial charge in [0.25, 0.3) is 5.91 Å². The molecule has 6 nitrogen and oxygen atoms in total. The van der Waals surface area contributed by atoms with E-state index in [1.165, 1.54) is 25.3 Å². The highest BCUT2D eigenvalue weighted by Gasteiger charge is 2.22. The SMILES string of the molecule is COC(=O)[C@@H](N)Cc1ccc(Oc2ccc(C=C3SC(=S)NC3=O)c(F)c2)cc1.Cl. The molecule has 2 aromatic rings. The number of methoxy groups -OCH3 is 1. The van der Waals surface area contributed by atoms with Crippen LogP contribution in [-0.4, -0.2) is 29.3 Å². The van der Waals surface area contributed by atoms with Crippen molar-refractivity contribution in [2.45, 2.75) is 12.5 Å². The van der Waals surface area contributed by atoms with Crippen molar-refractivity contribution in [1.29, 1.82) is 0 Å². The first-order chi connectivity index (χ1) is 13.9. The number of nitrogens with two attached hydrogens (primary N) is 1. The molecule has 0 unspecified atom stereocenters. The van der Waals surface area contributed by atoms with Gasteiger partial charge in [-0.1, -0.05) is 36.1 Å². The highest BCUT2D eigenvalue weighted by Crippen LogP contribution is 2.29. The first kappa shape index (κ1) is 23.8. The number of rotatable bonds is 6. The molecule has 0 radical (unpaired) electrons. The number of hydrogen-bond acceptors (Lipinski definition) is 7. The maximum atomic E-state index is 14.4. The van der Waals surface area contributed by atoms with Gasteiger partial charge in [-0.15, -0.1) is 12.4 Å². The highest BCUT2D eigenvalue weighted by atomic mass is 35.5. The van der Waals surface area contributed by atoms with Crippen LogP contribution in [-0.2, 0) is 20.7 Å². The molecule has 0 saturated carbocycles. The smallest absolute Gasteiger partial charge is 0.322 e. The van der Waals surface area contributed by atoms with Crippen LogP contribution in [0.25, 0.3) is 6.08 Å². The minimum absolute atomic E-state index is 0. The van der Waals surface area contributed by atoms with Gasteiger partial charge in [-0.05, 0) is 42.3 Å². The first-order valence-electron chi connectivity index (χ1n) is 8.50. The molecule has 3 N–H and O–H groups in total. The summed E-state index contributed by atoms with van der Waals surface area (Å²) in [6, 6.07) is 10.6. The third kappa shape index (κ3) is 6.02. The standard InChI is InChI=1S/C20H17FN2O4S2.ClH/c1-26-19(25)16(22)8-11-2-5-13(6-3-11)27-14-7-4-12(15(21)10-14)9-17-18(24)23-20(28)29-17;/h2-7,9-10,16H,8,22H2,1H3,(H,23,24,28);1H/t16-;/m0./s1. The summed E-state index contributed by atoms with van der Waals surface area (Å²) in [7, 11) is 1.29. The second-order valence-corrected chi connectivity index (χ2v) is 7.83. The van der Waals surface area contributed by atoms with Gasteiger partial charge in [0.15, 0.2) is 0 Å². The summed E-state index contributed by atoms with van der Waals surface area (Å²) in [5.41, 5.74) is 6.84. The number of benzene rings is 2. The van der Waals surface area contributed by atoms with Crippen LogP contribution in [0.2, 0.25) is 0 Å². The molecule has 0 bridgehead atoms. The van der Waals surface area contributed by atoms with Gasteiger partial charge < -0.3 is 20.5 Å². The summed E-state index contributed by atoms with van der Waals surface area (Å²) in [4.78, 5) is 23.4. The molecule has 30 heavy (non-hydrogen) atoms. The lowest BCUT2D eigenvalue weighted by molar-refractivity contribution is -0.142. The molecular weight excluding hydrogens is 451 g/mol. The van der Waals surface area contributed by atoms with Crippen LogP contribution in [0.15, 0.2) is 47.4 Å². The van der Waals surface area contributed by atoms with Gasteiger partial charge in [-0.2, -0.15) is 0 Å². The van der Waals surface area contributed by atoms with Gasteiger partial charge in [0.2, 0.25) is 0 Å². The van der Waals surface area contributed by atoms with Crippen LogP contribution in [0.1, 0.15) is 11.1 Å². The number of halogens is 2. The van der Waals surface area contributed by atoms with E-state index in [9.17, 15) is 14.0 Å². The number of ether oxygens (including phenoxy) is 2. The third-order valence-corrected chi connectivity index (χ3v) is 5.18. The number of thiocarbonyl (C=S) groups is 1. The topological polar surface area (TPSA) is 90.7 Å². The van der Waals surface area contributed by atoms with Crippen molar-refractivity contribution in [3.8, 4) is 11.5 Å². The minimum Gasteiger partial charge on any atom is -0.468 e. The Morgan fingerprint density at radius 1 is 1.27 bits per heavy atom.